The Morgan fingerprint density at radius 3 is 2.80 bits per heavy atom. The van der Waals surface area contributed by atoms with E-state index in [1.807, 2.05) is 18.3 Å². The molecule has 0 aromatic carbocycles. The average Bonchev–Trinajstić information content (AvgIpc) is 2.26. The topological polar surface area (TPSA) is 33.1 Å². The van der Waals surface area contributed by atoms with Gasteiger partial charge in [0.15, 0.2) is 0 Å². The summed E-state index contributed by atoms with van der Waals surface area (Å²) in [7, 11) is 0. The summed E-state index contributed by atoms with van der Waals surface area (Å²) in [5.41, 5.74) is 1.16. The summed E-state index contributed by atoms with van der Waals surface area (Å²) in [6, 6.07) is 6.02. The predicted molar refractivity (Wildman–Crippen MR) is 62.7 cm³/mol. The van der Waals surface area contributed by atoms with Gasteiger partial charge in [-0.25, -0.2) is 0 Å². The number of aryl methyl sites for hydroxylation is 1. The van der Waals surface area contributed by atoms with E-state index in [0.29, 0.717) is 0 Å². The second-order valence-electron chi connectivity index (χ2n) is 4.01. The van der Waals surface area contributed by atoms with Crippen molar-refractivity contribution in [3.8, 4) is 0 Å². The number of pyridine rings is 1. The van der Waals surface area contributed by atoms with Crippen molar-refractivity contribution in [3.05, 3.63) is 30.1 Å². The van der Waals surface area contributed by atoms with Gasteiger partial charge >= 0.3 is 0 Å². The molecule has 0 saturated carbocycles. The van der Waals surface area contributed by atoms with Crippen LogP contribution >= 0.6 is 0 Å². The van der Waals surface area contributed by atoms with Crippen molar-refractivity contribution in [2.24, 2.45) is 0 Å². The standard InChI is InChI=1S/C13H21NO/c1-2-7-13(15)10-4-3-8-12-9-5-6-11-14-12/h5-6,9,11,13,15H,2-4,7-8,10H2,1H3. The Morgan fingerprint density at radius 2 is 2.13 bits per heavy atom. The van der Waals surface area contributed by atoms with Gasteiger partial charge in [-0.2, -0.15) is 0 Å². The minimum atomic E-state index is -0.0984. The molecule has 15 heavy (non-hydrogen) atoms. The molecular weight excluding hydrogens is 186 g/mol. The number of aromatic nitrogens is 1. The van der Waals surface area contributed by atoms with Gasteiger partial charge in [0.25, 0.3) is 0 Å². The van der Waals surface area contributed by atoms with Crippen molar-refractivity contribution in [2.45, 2.75) is 51.6 Å². The number of hydrogen-bond acceptors (Lipinski definition) is 2. The summed E-state index contributed by atoms with van der Waals surface area (Å²) in [4.78, 5) is 4.27. The molecule has 0 spiro atoms. The van der Waals surface area contributed by atoms with Gasteiger partial charge in [-0.1, -0.05) is 25.8 Å². The Balaban J connectivity index is 2.07. The zero-order chi connectivity index (χ0) is 10.9. The molecule has 1 N–H and O–H groups in total. The summed E-state index contributed by atoms with van der Waals surface area (Å²) in [5.74, 6) is 0. The van der Waals surface area contributed by atoms with Gasteiger partial charge < -0.3 is 5.11 Å². The number of nitrogens with zero attached hydrogens (tertiary/aromatic N) is 1. The molecule has 2 heteroatoms. The fourth-order valence-electron chi connectivity index (χ4n) is 1.71. The Kier molecular flexibility index (Phi) is 6.02. The van der Waals surface area contributed by atoms with Gasteiger partial charge in [0.2, 0.25) is 0 Å². The van der Waals surface area contributed by atoms with E-state index >= 15 is 0 Å². The van der Waals surface area contributed by atoms with Gasteiger partial charge in [0.1, 0.15) is 0 Å². The van der Waals surface area contributed by atoms with Crippen LogP contribution < -0.4 is 0 Å². The SMILES string of the molecule is CCCC(O)CCCCc1ccccn1. The highest BCUT2D eigenvalue weighted by Gasteiger charge is 2.02. The minimum absolute atomic E-state index is 0.0984. The molecule has 84 valence electrons. The molecule has 0 fully saturated rings. The molecule has 0 aliphatic carbocycles. The van der Waals surface area contributed by atoms with Crippen LogP contribution in [0.3, 0.4) is 0 Å². The summed E-state index contributed by atoms with van der Waals surface area (Å²) in [5, 5.41) is 9.53. The first-order valence-electron chi connectivity index (χ1n) is 5.91. The van der Waals surface area contributed by atoms with E-state index in [4.69, 9.17) is 0 Å². The molecule has 0 bridgehead atoms. The van der Waals surface area contributed by atoms with E-state index in [1.54, 1.807) is 0 Å². The fourth-order valence-corrected chi connectivity index (χ4v) is 1.71. The van der Waals surface area contributed by atoms with Crippen molar-refractivity contribution in [3.63, 3.8) is 0 Å². The van der Waals surface area contributed by atoms with E-state index in [0.717, 1.165) is 44.2 Å². The molecule has 0 saturated heterocycles. The third kappa shape index (κ3) is 5.53. The van der Waals surface area contributed by atoms with E-state index in [-0.39, 0.29) is 6.10 Å². The second-order valence-corrected chi connectivity index (χ2v) is 4.01. The summed E-state index contributed by atoms with van der Waals surface area (Å²) < 4.78 is 0. The number of unbranched alkanes of at least 4 members (excludes halogenated alkanes) is 1. The quantitative estimate of drug-likeness (QED) is 0.697. The van der Waals surface area contributed by atoms with Crippen LogP contribution in [0.4, 0.5) is 0 Å². The molecular formula is C13H21NO. The van der Waals surface area contributed by atoms with Gasteiger partial charge in [0.05, 0.1) is 6.10 Å². The summed E-state index contributed by atoms with van der Waals surface area (Å²) >= 11 is 0. The van der Waals surface area contributed by atoms with Crippen molar-refractivity contribution in [1.82, 2.24) is 4.98 Å². The lowest BCUT2D eigenvalue weighted by atomic mass is 10.1. The number of hydrogen-bond donors (Lipinski definition) is 1. The third-order valence-electron chi connectivity index (χ3n) is 2.57. The first-order chi connectivity index (χ1) is 7.33. The number of rotatable bonds is 7. The first kappa shape index (κ1) is 12.2. The Bertz CT molecular complexity index is 248. The summed E-state index contributed by atoms with van der Waals surface area (Å²) in [6.07, 6.45) is 7.92. The van der Waals surface area contributed by atoms with Crippen molar-refractivity contribution in [1.29, 1.82) is 0 Å². The molecule has 0 aliphatic heterocycles. The van der Waals surface area contributed by atoms with Crippen LogP contribution in [0.2, 0.25) is 0 Å². The van der Waals surface area contributed by atoms with E-state index in [9.17, 15) is 5.11 Å². The van der Waals surface area contributed by atoms with Crippen molar-refractivity contribution >= 4 is 0 Å². The van der Waals surface area contributed by atoms with Gasteiger partial charge in [-0.05, 0) is 37.8 Å². The first-order valence-corrected chi connectivity index (χ1v) is 5.91. The third-order valence-corrected chi connectivity index (χ3v) is 2.57. The van der Waals surface area contributed by atoms with E-state index in [1.165, 1.54) is 0 Å². The van der Waals surface area contributed by atoms with E-state index < -0.39 is 0 Å². The lowest BCUT2D eigenvalue weighted by Crippen LogP contribution is -2.05. The highest BCUT2D eigenvalue weighted by molar-refractivity contribution is 5.03. The van der Waals surface area contributed by atoms with Gasteiger partial charge in [0, 0.05) is 11.9 Å². The maximum atomic E-state index is 9.53. The molecule has 2 nitrogen and oxygen atoms in total. The van der Waals surface area contributed by atoms with Gasteiger partial charge in [-0.15, -0.1) is 0 Å². The maximum absolute atomic E-state index is 9.53. The number of aliphatic hydroxyl groups excluding tert-OH is 1. The fraction of sp³-hybridized carbons (Fsp3) is 0.615. The van der Waals surface area contributed by atoms with Crippen LogP contribution in [0.25, 0.3) is 0 Å². The zero-order valence-corrected chi connectivity index (χ0v) is 9.52. The lowest BCUT2D eigenvalue weighted by Gasteiger charge is -2.08. The molecule has 1 atom stereocenters. The monoisotopic (exact) mass is 207 g/mol. The second kappa shape index (κ2) is 7.41. The molecule has 1 unspecified atom stereocenters. The van der Waals surface area contributed by atoms with E-state index in [2.05, 4.69) is 18.0 Å². The highest BCUT2D eigenvalue weighted by atomic mass is 16.3. The Morgan fingerprint density at radius 1 is 1.27 bits per heavy atom. The summed E-state index contributed by atoms with van der Waals surface area (Å²) in [6.45, 7) is 2.11. The van der Waals surface area contributed by atoms with Crippen LogP contribution in [0, 0.1) is 0 Å². The Labute approximate surface area is 92.4 Å². The number of aliphatic hydroxyl groups is 1. The van der Waals surface area contributed by atoms with Crippen LogP contribution in [0.1, 0.15) is 44.7 Å². The molecule has 1 heterocycles. The average molecular weight is 207 g/mol. The molecule has 1 aromatic rings. The molecule has 0 amide bonds. The largest absolute Gasteiger partial charge is 0.393 e. The maximum Gasteiger partial charge on any atom is 0.0540 e. The van der Waals surface area contributed by atoms with Crippen LogP contribution in [-0.2, 0) is 6.42 Å². The lowest BCUT2D eigenvalue weighted by molar-refractivity contribution is 0.150. The normalized spacial score (nSPS) is 12.7. The molecule has 1 rings (SSSR count). The zero-order valence-electron chi connectivity index (χ0n) is 9.52. The molecule has 0 radical (unpaired) electrons. The van der Waals surface area contributed by atoms with Crippen LogP contribution in [0.15, 0.2) is 24.4 Å². The van der Waals surface area contributed by atoms with Crippen molar-refractivity contribution in [2.75, 3.05) is 0 Å². The molecule has 1 aromatic heterocycles. The predicted octanol–water partition coefficient (Wildman–Crippen LogP) is 2.96. The highest BCUT2D eigenvalue weighted by Crippen LogP contribution is 2.08. The van der Waals surface area contributed by atoms with Crippen LogP contribution in [-0.4, -0.2) is 16.2 Å². The van der Waals surface area contributed by atoms with Gasteiger partial charge in [-0.3, -0.25) is 4.98 Å². The van der Waals surface area contributed by atoms with Crippen molar-refractivity contribution < 1.29 is 5.11 Å². The smallest absolute Gasteiger partial charge is 0.0540 e. The Hall–Kier alpha value is -0.890. The molecule has 0 aliphatic rings. The van der Waals surface area contributed by atoms with Crippen LogP contribution in [0.5, 0.6) is 0 Å². The minimum Gasteiger partial charge on any atom is -0.393 e.